The smallest absolute Gasteiger partial charge is 0.129 e. The Morgan fingerprint density at radius 1 is 1.45 bits per heavy atom. The molecule has 0 radical (unpaired) electrons. The number of H-pyrrole nitrogens is 1. The van der Waals surface area contributed by atoms with Crippen LogP contribution in [-0.2, 0) is 10.3 Å². The lowest BCUT2D eigenvalue weighted by Crippen LogP contribution is -2.36. The molecule has 1 fully saturated rings. The maximum absolute atomic E-state index is 14.3. The highest BCUT2D eigenvalue weighted by Crippen LogP contribution is 2.70. The summed E-state index contributed by atoms with van der Waals surface area (Å²) < 4.78 is 28.8. The van der Waals surface area contributed by atoms with Gasteiger partial charge in [0.1, 0.15) is 18.0 Å². The molecular weight excluding hydrogens is 374 g/mol. The lowest BCUT2D eigenvalue weighted by Gasteiger charge is -2.33. The van der Waals surface area contributed by atoms with Gasteiger partial charge in [-0.15, -0.1) is 11.8 Å². The van der Waals surface area contributed by atoms with Crippen LogP contribution in [0.2, 0.25) is 0 Å². The molecule has 0 saturated heterocycles. The molecule has 0 spiro atoms. The molecule has 22 heavy (non-hydrogen) atoms. The van der Waals surface area contributed by atoms with Crippen LogP contribution in [0.1, 0.15) is 17.7 Å². The molecule has 1 aromatic heterocycles. The van der Waals surface area contributed by atoms with Gasteiger partial charge in [0.25, 0.3) is 0 Å². The summed E-state index contributed by atoms with van der Waals surface area (Å²) in [5.74, 6) is -0.584. The number of hydrogen-bond donors (Lipinski definition) is 1. The molecule has 2 aromatic rings. The first-order valence-electron chi connectivity index (χ1n) is 6.72. The second kappa shape index (κ2) is 4.86. The Kier molecular flexibility index (Phi) is 3.16. The zero-order valence-electron chi connectivity index (χ0n) is 11.3. The minimum absolute atomic E-state index is 0.145. The lowest BCUT2D eigenvalue weighted by molar-refractivity contribution is 0.264. The van der Waals surface area contributed by atoms with E-state index in [0.717, 1.165) is 5.69 Å². The fraction of sp³-hybridized carbons (Fsp3) is 0.357. The summed E-state index contributed by atoms with van der Waals surface area (Å²) in [5, 5.41) is 10.6. The molecular formula is C14H11BrF2N4S. The van der Waals surface area contributed by atoms with Gasteiger partial charge in [-0.05, 0) is 24.6 Å². The molecule has 1 saturated carbocycles. The van der Waals surface area contributed by atoms with Gasteiger partial charge >= 0.3 is 0 Å². The summed E-state index contributed by atoms with van der Waals surface area (Å²) in [7, 11) is 0. The molecule has 2 heterocycles. The topological polar surface area (TPSA) is 53.9 Å². The third-order valence-corrected chi connectivity index (χ3v) is 6.26. The third-order valence-electron chi connectivity index (χ3n) is 4.48. The second-order valence-electron chi connectivity index (χ2n) is 5.54. The van der Waals surface area contributed by atoms with Crippen molar-refractivity contribution in [3.63, 3.8) is 0 Å². The Morgan fingerprint density at radius 2 is 2.32 bits per heavy atom. The molecule has 1 N–H and O–H groups in total. The van der Waals surface area contributed by atoms with E-state index in [-0.39, 0.29) is 16.2 Å². The summed E-state index contributed by atoms with van der Waals surface area (Å²) >= 11 is 4.83. The van der Waals surface area contributed by atoms with Crippen LogP contribution in [0.3, 0.4) is 0 Å². The van der Waals surface area contributed by atoms with Gasteiger partial charge < -0.3 is 0 Å². The van der Waals surface area contributed by atoms with Crippen molar-refractivity contribution in [2.24, 2.45) is 10.9 Å². The van der Waals surface area contributed by atoms with Gasteiger partial charge in [-0.25, -0.2) is 8.78 Å². The number of hydrogen-bond acceptors (Lipinski definition) is 4. The van der Waals surface area contributed by atoms with Crippen molar-refractivity contribution < 1.29 is 8.78 Å². The zero-order chi connectivity index (χ0) is 15.4. The van der Waals surface area contributed by atoms with Gasteiger partial charge in [0, 0.05) is 16.0 Å². The maximum Gasteiger partial charge on any atom is 0.129 e. The average molecular weight is 385 g/mol. The van der Waals surface area contributed by atoms with E-state index in [1.54, 1.807) is 23.9 Å². The number of aliphatic imine (C=N–C) groups is 1. The summed E-state index contributed by atoms with van der Waals surface area (Å²) in [4.78, 5) is 4.37. The Labute approximate surface area is 137 Å². The van der Waals surface area contributed by atoms with Crippen LogP contribution < -0.4 is 0 Å². The van der Waals surface area contributed by atoms with Crippen molar-refractivity contribution in [2.75, 3.05) is 6.67 Å². The van der Waals surface area contributed by atoms with E-state index < -0.39 is 18.0 Å². The molecule has 114 valence electrons. The Hall–Kier alpha value is -1.28. The van der Waals surface area contributed by atoms with Crippen molar-refractivity contribution in [3.8, 4) is 0 Å². The van der Waals surface area contributed by atoms with Crippen molar-refractivity contribution >= 4 is 33.2 Å². The fourth-order valence-corrected chi connectivity index (χ4v) is 4.90. The Bertz CT molecular complexity index is 753. The SMILES string of the molecule is FC[C@]1(c2cc(Br)ccc2F)N=CS[C@@]2(c3cn[nH]n3)C[C@@H]12. The normalized spacial score (nSPS) is 32.8. The zero-order valence-corrected chi connectivity index (χ0v) is 13.7. The van der Waals surface area contributed by atoms with E-state index in [1.165, 1.54) is 17.8 Å². The fourth-order valence-electron chi connectivity index (χ4n) is 3.27. The molecule has 3 atom stereocenters. The highest BCUT2D eigenvalue weighted by molar-refractivity contribution is 9.10. The number of alkyl halides is 1. The first-order valence-corrected chi connectivity index (χ1v) is 8.39. The molecule has 1 aliphatic heterocycles. The number of fused-ring (bicyclic) bond motifs is 1. The minimum Gasteiger partial charge on any atom is -0.272 e. The molecule has 0 bridgehead atoms. The number of aromatic amines is 1. The number of nitrogens with zero attached hydrogens (tertiary/aromatic N) is 3. The molecule has 0 unspecified atom stereocenters. The lowest BCUT2D eigenvalue weighted by atomic mass is 9.84. The minimum atomic E-state index is -1.20. The van der Waals surface area contributed by atoms with E-state index in [4.69, 9.17) is 0 Å². The summed E-state index contributed by atoms with van der Waals surface area (Å²) in [6, 6.07) is 4.56. The molecule has 2 aliphatic rings. The summed E-state index contributed by atoms with van der Waals surface area (Å²) in [6.07, 6.45) is 2.34. The van der Waals surface area contributed by atoms with Crippen LogP contribution in [0, 0.1) is 11.7 Å². The number of benzene rings is 1. The average Bonchev–Trinajstić information content (AvgIpc) is 3.04. The van der Waals surface area contributed by atoms with Gasteiger partial charge in [-0.3, -0.25) is 4.99 Å². The second-order valence-corrected chi connectivity index (χ2v) is 7.63. The van der Waals surface area contributed by atoms with Gasteiger partial charge in [-0.2, -0.15) is 15.4 Å². The third kappa shape index (κ3) is 1.83. The summed E-state index contributed by atoms with van der Waals surface area (Å²) in [6.45, 7) is -0.748. The predicted octanol–water partition coefficient (Wildman–Crippen LogP) is 3.56. The molecule has 4 nitrogen and oxygen atoms in total. The van der Waals surface area contributed by atoms with Gasteiger partial charge in [-0.1, -0.05) is 15.9 Å². The van der Waals surface area contributed by atoms with E-state index in [1.807, 2.05) is 0 Å². The number of rotatable bonds is 3. The molecule has 1 aromatic carbocycles. The van der Waals surface area contributed by atoms with E-state index in [0.29, 0.717) is 10.9 Å². The number of nitrogens with one attached hydrogen (secondary N) is 1. The van der Waals surface area contributed by atoms with E-state index >= 15 is 0 Å². The monoisotopic (exact) mass is 384 g/mol. The standard InChI is InChI=1S/C14H11BrF2N4S/c15-8-1-2-10(17)9(3-8)13(6-16)11-4-14(11,22-7-18-13)12-5-19-21-20-12/h1-3,5,7,11H,4,6H2,(H,19,20,21)/t11-,13+,14-/m0/s1. The highest BCUT2D eigenvalue weighted by Gasteiger charge is 2.69. The van der Waals surface area contributed by atoms with Crippen molar-refractivity contribution in [1.29, 1.82) is 0 Å². The van der Waals surface area contributed by atoms with Crippen LogP contribution in [0.5, 0.6) is 0 Å². The quantitative estimate of drug-likeness (QED) is 0.879. The van der Waals surface area contributed by atoms with Crippen LogP contribution >= 0.6 is 27.7 Å². The number of halogens is 3. The van der Waals surface area contributed by atoms with Crippen LogP contribution in [0.25, 0.3) is 0 Å². The number of thioether (sulfide) groups is 1. The predicted molar refractivity (Wildman–Crippen MR) is 84.0 cm³/mol. The van der Waals surface area contributed by atoms with Crippen LogP contribution in [0.15, 0.2) is 33.9 Å². The first-order chi connectivity index (χ1) is 10.6. The molecule has 1 aliphatic carbocycles. The first kappa shape index (κ1) is 14.3. The molecule has 8 heteroatoms. The van der Waals surface area contributed by atoms with E-state index in [9.17, 15) is 8.78 Å². The Morgan fingerprint density at radius 3 is 3.05 bits per heavy atom. The van der Waals surface area contributed by atoms with Crippen molar-refractivity contribution in [3.05, 3.63) is 45.9 Å². The largest absolute Gasteiger partial charge is 0.272 e. The van der Waals surface area contributed by atoms with E-state index in [2.05, 4.69) is 36.3 Å². The molecule has 4 rings (SSSR count). The van der Waals surface area contributed by atoms with Crippen LogP contribution in [-0.4, -0.2) is 27.6 Å². The van der Waals surface area contributed by atoms with Crippen LogP contribution in [0.4, 0.5) is 8.78 Å². The molecule has 0 amide bonds. The Balaban J connectivity index is 1.84. The van der Waals surface area contributed by atoms with Gasteiger partial charge in [0.05, 0.1) is 22.2 Å². The summed E-state index contributed by atoms with van der Waals surface area (Å²) in [5.41, 5.74) is 1.48. The van der Waals surface area contributed by atoms with Crippen molar-refractivity contribution in [2.45, 2.75) is 16.7 Å². The highest BCUT2D eigenvalue weighted by atomic mass is 79.9. The maximum atomic E-state index is 14.3. The van der Waals surface area contributed by atoms with Gasteiger partial charge in [0.2, 0.25) is 0 Å². The van der Waals surface area contributed by atoms with Gasteiger partial charge in [0.15, 0.2) is 0 Å². The van der Waals surface area contributed by atoms with Crippen molar-refractivity contribution in [1.82, 2.24) is 15.4 Å². The number of aromatic nitrogens is 3.